The zero-order chi connectivity index (χ0) is 15.4. The Morgan fingerprint density at radius 3 is 2.57 bits per heavy atom. The first-order valence-corrected chi connectivity index (χ1v) is 7.75. The molecule has 1 fully saturated rings. The highest BCUT2D eigenvalue weighted by Crippen LogP contribution is 2.28. The molecule has 2 aromatic rings. The number of halogens is 1. The molecule has 0 bridgehead atoms. The summed E-state index contributed by atoms with van der Waals surface area (Å²) in [7, 11) is 1.82. The summed E-state index contributed by atoms with van der Waals surface area (Å²) in [4.78, 5) is 8.33. The van der Waals surface area contributed by atoms with Crippen LogP contribution in [0.25, 0.3) is 0 Å². The van der Waals surface area contributed by atoms with Gasteiger partial charge in [0, 0.05) is 38.6 Å². The number of nitrogens with one attached hydrogen (secondary N) is 2. The predicted octanol–water partition coefficient (Wildman–Crippen LogP) is 2.62. The fourth-order valence-corrected chi connectivity index (χ4v) is 2.43. The summed E-state index contributed by atoms with van der Waals surface area (Å²) < 4.78 is 2.07. The Kier molecular flexibility index (Phi) is 6.44. The zero-order valence-electron chi connectivity index (χ0n) is 13.6. The summed E-state index contributed by atoms with van der Waals surface area (Å²) in [5.74, 6) is 1.65. The van der Waals surface area contributed by atoms with Crippen LogP contribution < -0.4 is 10.6 Å². The highest BCUT2D eigenvalue weighted by atomic mass is 127. The van der Waals surface area contributed by atoms with E-state index in [1.54, 1.807) is 6.20 Å². The largest absolute Gasteiger partial charge is 0.353 e. The van der Waals surface area contributed by atoms with Gasteiger partial charge < -0.3 is 15.2 Å². The van der Waals surface area contributed by atoms with E-state index in [9.17, 15) is 0 Å². The molecule has 2 N–H and O–H groups in total. The van der Waals surface area contributed by atoms with Crippen LogP contribution in [0.2, 0.25) is 0 Å². The van der Waals surface area contributed by atoms with Gasteiger partial charge in [-0.15, -0.1) is 24.0 Å². The third kappa shape index (κ3) is 5.23. The van der Waals surface area contributed by atoms with Crippen molar-refractivity contribution in [1.29, 1.82) is 0 Å². The van der Waals surface area contributed by atoms with Crippen LogP contribution in [0.4, 0.5) is 0 Å². The molecule has 1 aliphatic carbocycles. The normalized spacial score (nSPS) is 19.8. The zero-order valence-corrected chi connectivity index (χ0v) is 15.9. The monoisotopic (exact) mass is 425 g/mol. The molecule has 0 spiro atoms. The molecule has 1 heterocycles. The molecular weight excluding hydrogens is 401 g/mol. The first-order valence-electron chi connectivity index (χ1n) is 7.75. The molecule has 0 amide bonds. The number of aromatic nitrogens is 2. The number of aliphatic imine (C=N–C) groups is 1. The van der Waals surface area contributed by atoms with Crippen molar-refractivity contribution in [2.45, 2.75) is 32.5 Å². The summed E-state index contributed by atoms with van der Waals surface area (Å²) in [5, 5.41) is 6.80. The van der Waals surface area contributed by atoms with Crippen molar-refractivity contribution in [3.8, 4) is 0 Å². The molecule has 6 heteroatoms. The molecule has 0 aliphatic heterocycles. The molecule has 0 radical (unpaired) electrons. The smallest absolute Gasteiger partial charge is 0.191 e. The van der Waals surface area contributed by atoms with Crippen LogP contribution in [0.15, 0.2) is 48.0 Å². The molecule has 0 saturated heterocycles. The molecule has 1 aromatic carbocycles. The number of imidazole rings is 1. The highest BCUT2D eigenvalue weighted by molar-refractivity contribution is 14.0. The van der Waals surface area contributed by atoms with E-state index < -0.39 is 0 Å². The molecule has 23 heavy (non-hydrogen) atoms. The van der Waals surface area contributed by atoms with Gasteiger partial charge in [0.2, 0.25) is 0 Å². The summed E-state index contributed by atoms with van der Waals surface area (Å²) in [6.45, 7) is 3.90. The lowest BCUT2D eigenvalue weighted by atomic mass is 10.1. The van der Waals surface area contributed by atoms with Crippen molar-refractivity contribution in [2.24, 2.45) is 10.9 Å². The predicted molar refractivity (Wildman–Crippen MR) is 104 cm³/mol. The van der Waals surface area contributed by atoms with Gasteiger partial charge in [0.05, 0.1) is 6.33 Å². The lowest BCUT2D eigenvalue weighted by Gasteiger charge is -2.12. The lowest BCUT2D eigenvalue weighted by molar-refractivity contribution is 0.762. The average molecular weight is 425 g/mol. The molecule has 3 rings (SSSR count). The Balaban J connectivity index is 0.00000192. The fraction of sp³-hybridized carbons (Fsp3) is 0.412. The number of benzene rings is 1. The van der Waals surface area contributed by atoms with Crippen LogP contribution in [0.3, 0.4) is 0 Å². The molecule has 1 aromatic heterocycles. The van der Waals surface area contributed by atoms with E-state index in [4.69, 9.17) is 0 Å². The van der Waals surface area contributed by atoms with Gasteiger partial charge in [0.15, 0.2) is 5.96 Å². The van der Waals surface area contributed by atoms with Crippen LogP contribution in [0.1, 0.15) is 24.5 Å². The summed E-state index contributed by atoms with van der Waals surface area (Å²) in [6.07, 6.45) is 6.86. The maximum atomic E-state index is 4.27. The first kappa shape index (κ1) is 17.8. The number of hydrogen-bond acceptors (Lipinski definition) is 2. The maximum absolute atomic E-state index is 4.27. The average Bonchev–Trinajstić information content (AvgIpc) is 3.00. The van der Waals surface area contributed by atoms with Crippen molar-refractivity contribution in [3.05, 3.63) is 54.1 Å². The number of hydrogen-bond donors (Lipinski definition) is 2. The van der Waals surface area contributed by atoms with Gasteiger partial charge in [-0.3, -0.25) is 4.99 Å². The fourth-order valence-electron chi connectivity index (χ4n) is 2.43. The Hall–Kier alpha value is -1.57. The number of nitrogens with zero attached hydrogens (tertiary/aromatic N) is 3. The topological polar surface area (TPSA) is 54.2 Å². The third-order valence-corrected chi connectivity index (χ3v) is 4.06. The van der Waals surface area contributed by atoms with Crippen LogP contribution in [0, 0.1) is 5.92 Å². The minimum Gasteiger partial charge on any atom is -0.353 e. The van der Waals surface area contributed by atoms with Crippen molar-refractivity contribution in [1.82, 2.24) is 20.2 Å². The van der Waals surface area contributed by atoms with Gasteiger partial charge in [-0.25, -0.2) is 4.98 Å². The van der Waals surface area contributed by atoms with Gasteiger partial charge >= 0.3 is 0 Å². The van der Waals surface area contributed by atoms with Crippen LogP contribution >= 0.6 is 24.0 Å². The molecule has 1 saturated carbocycles. The van der Waals surface area contributed by atoms with E-state index in [0.29, 0.717) is 6.04 Å². The SMILES string of the molecule is CN=C(NCc1ccc(Cn2ccnc2)cc1)NC1CC1C.I. The lowest BCUT2D eigenvalue weighted by Crippen LogP contribution is -2.38. The van der Waals surface area contributed by atoms with E-state index in [1.165, 1.54) is 17.5 Å². The first-order chi connectivity index (χ1) is 10.7. The molecule has 5 nitrogen and oxygen atoms in total. The highest BCUT2D eigenvalue weighted by Gasteiger charge is 2.33. The molecule has 2 atom stereocenters. The second kappa shape index (κ2) is 8.33. The second-order valence-electron chi connectivity index (χ2n) is 5.94. The van der Waals surface area contributed by atoms with Gasteiger partial charge in [-0.1, -0.05) is 31.2 Å². The van der Waals surface area contributed by atoms with Gasteiger partial charge in [-0.2, -0.15) is 0 Å². The van der Waals surface area contributed by atoms with Gasteiger partial charge in [-0.05, 0) is 23.5 Å². The van der Waals surface area contributed by atoms with Crippen molar-refractivity contribution in [2.75, 3.05) is 7.05 Å². The third-order valence-electron chi connectivity index (χ3n) is 4.06. The van der Waals surface area contributed by atoms with Crippen LogP contribution in [-0.4, -0.2) is 28.6 Å². The maximum Gasteiger partial charge on any atom is 0.191 e. The van der Waals surface area contributed by atoms with Gasteiger partial charge in [0.25, 0.3) is 0 Å². The van der Waals surface area contributed by atoms with E-state index >= 15 is 0 Å². The Bertz CT molecular complexity index is 621. The summed E-state index contributed by atoms with van der Waals surface area (Å²) >= 11 is 0. The van der Waals surface area contributed by atoms with Crippen LogP contribution in [0.5, 0.6) is 0 Å². The minimum atomic E-state index is 0. The Morgan fingerprint density at radius 1 is 1.30 bits per heavy atom. The molecule has 1 aliphatic rings. The number of guanidine groups is 1. The Morgan fingerprint density at radius 2 is 2.00 bits per heavy atom. The standard InChI is InChI=1S/C17H23N5.HI/c1-13-9-16(13)21-17(18-2)20-10-14-3-5-15(6-4-14)11-22-8-7-19-12-22;/h3-8,12-13,16H,9-11H2,1-2H3,(H2,18,20,21);1H. The molecule has 2 unspecified atom stereocenters. The second-order valence-corrected chi connectivity index (χ2v) is 5.94. The number of rotatable bonds is 5. The van der Waals surface area contributed by atoms with Crippen LogP contribution in [-0.2, 0) is 13.1 Å². The van der Waals surface area contributed by atoms with E-state index in [2.05, 4.69) is 56.4 Å². The molecule has 124 valence electrons. The van der Waals surface area contributed by atoms with Crippen molar-refractivity contribution < 1.29 is 0 Å². The summed E-state index contributed by atoms with van der Waals surface area (Å²) in [5.41, 5.74) is 2.53. The summed E-state index contributed by atoms with van der Waals surface area (Å²) in [6, 6.07) is 9.23. The van der Waals surface area contributed by atoms with E-state index in [0.717, 1.165) is 25.0 Å². The minimum absolute atomic E-state index is 0. The Labute approximate surface area is 154 Å². The van der Waals surface area contributed by atoms with E-state index in [1.807, 2.05) is 19.6 Å². The van der Waals surface area contributed by atoms with Crippen molar-refractivity contribution >= 4 is 29.9 Å². The molecular formula is C17H24IN5. The van der Waals surface area contributed by atoms with E-state index in [-0.39, 0.29) is 24.0 Å². The van der Waals surface area contributed by atoms with Crippen molar-refractivity contribution in [3.63, 3.8) is 0 Å². The van der Waals surface area contributed by atoms with Gasteiger partial charge in [0.1, 0.15) is 0 Å². The quantitative estimate of drug-likeness (QED) is 0.440.